The van der Waals surface area contributed by atoms with E-state index in [2.05, 4.69) is 35.6 Å². The summed E-state index contributed by atoms with van der Waals surface area (Å²) in [7, 11) is 0. The fourth-order valence-corrected chi connectivity index (χ4v) is 3.05. The maximum absolute atomic E-state index is 12.3. The summed E-state index contributed by atoms with van der Waals surface area (Å²) in [4.78, 5) is 12.3. The van der Waals surface area contributed by atoms with Crippen LogP contribution in [0.3, 0.4) is 0 Å². The van der Waals surface area contributed by atoms with Crippen molar-refractivity contribution in [3.63, 3.8) is 0 Å². The summed E-state index contributed by atoms with van der Waals surface area (Å²) in [6.45, 7) is 2.53. The van der Waals surface area contributed by atoms with E-state index in [0.29, 0.717) is 6.54 Å². The van der Waals surface area contributed by atoms with Gasteiger partial charge in [0.15, 0.2) is 5.76 Å². The van der Waals surface area contributed by atoms with Crippen LogP contribution >= 0.6 is 0 Å². The Morgan fingerprint density at radius 2 is 2.18 bits per heavy atom. The molecule has 2 aromatic rings. The lowest BCUT2D eigenvalue weighted by Gasteiger charge is -2.23. The number of carbonyl (C=O) groups is 1. The third kappa shape index (κ3) is 3.38. The molecule has 1 atom stereocenters. The van der Waals surface area contributed by atoms with E-state index >= 15 is 0 Å². The van der Waals surface area contributed by atoms with Gasteiger partial charge in [-0.2, -0.15) is 0 Å². The Kier molecular flexibility index (Phi) is 4.56. The number of hydrogen-bond donors (Lipinski definition) is 1. The fraction of sp³-hybridized carbons (Fsp3) is 0.444. The Balaban J connectivity index is 1.54. The minimum absolute atomic E-state index is 0.0629. The zero-order chi connectivity index (χ0) is 15.4. The van der Waals surface area contributed by atoms with E-state index in [-0.39, 0.29) is 11.8 Å². The van der Waals surface area contributed by atoms with Gasteiger partial charge in [-0.1, -0.05) is 42.8 Å². The predicted molar refractivity (Wildman–Crippen MR) is 84.3 cm³/mol. The third-order valence-electron chi connectivity index (χ3n) is 4.27. The van der Waals surface area contributed by atoms with E-state index in [1.165, 1.54) is 11.1 Å². The molecule has 0 saturated heterocycles. The molecule has 0 bridgehead atoms. The van der Waals surface area contributed by atoms with Crippen LogP contribution in [0, 0.1) is 5.92 Å². The maximum Gasteiger partial charge on any atom is 0.223 e. The Morgan fingerprint density at radius 1 is 1.36 bits per heavy atom. The van der Waals surface area contributed by atoms with Crippen molar-refractivity contribution >= 4 is 5.91 Å². The molecule has 0 unspecified atom stereocenters. The largest absolute Gasteiger partial charge is 0.359 e. The van der Waals surface area contributed by atoms with Gasteiger partial charge in [-0.05, 0) is 36.8 Å². The second-order valence-electron chi connectivity index (χ2n) is 5.96. The average Bonchev–Trinajstić information content (AvgIpc) is 3.00. The van der Waals surface area contributed by atoms with Gasteiger partial charge in [0.1, 0.15) is 0 Å². The highest BCUT2D eigenvalue weighted by atomic mass is 16.5. The van der Waals surface area contributed by atoms with Crippen molar-refractivity contribution in [3.8, 4) is 0 Å². The summed E-state index contributed by atoms with van der Waals surface area (Å²) < 4.78 is 5.25. The molecule has 0 aliphatic heterocycles. The Labute approximate surface area is 130 Å². The lowest BCUT2D eigenvalue weighted by molar-refractivity contribution is -0.125. The van der Waals surface area contributed by atoms with E-state index in [1.807, 2.05) is 12.1 Å². The Morgan fingerprint density at radius 3 is 3.00 bits per heavy atom. The third-order valence-corrected chi connectivity index (χ3v) is 4.27. The van der Waals surface area contributed by atoms with Gasteiger partial charge in [-0.25, -0.2) is 0 Å². The monoisotopic (exact) mass is 298 g/mol. The van der Waals surface area contributed by atoms with Gasteiger partial charge in [0.25, 0.3) is 0 Å². The molecule has 116 valence electrons. The zero-order valence-electron chi connectivity index (χ0n) is 13.0. The zero-order valence-corrected chi connectivity index (χ0v) is 13.0. The molecule has 1 N–H and O–H groups in total. The number of amides is 1. The van der Waals surface area contributed by atoms with Crippen molar-refractivity contribution in [3.05, 3.63) is 52.9 Å². The number of carbonyl (C=O) groups excluding carboxylic acids is 1. The SMILES string of the molecule is CCCc1cc(CNC(=O)[C@@H]2CCc3ccccc3C2)on1. The molecule has 0 fully saturated rings. The molecule has 22 heavy (non-hydrogen) atoms. The molecule has 4 heteroatoms. The number of aromatic nitrogens is 1. The van der Waals surface area contributed by atoms with Gasteiger partial charge in [0, 0.05) is 12.0 Å². The normalized spacial score (nSPS) is 17.0. The highest BCUT2D eigenvalue weighted by Crippen LogP contribution is 2.25. The maximum atomic E-state index is 12.3. The smallest absolute Gasteiger partial charge is 0.223 e. The first-order valence-electron chi connectivity index (χ1n) is 8.05. The fourth-order valence-electron chi connectivity index (χ4n) is 3.05. The van der Waals surface area contributed by atoms with Crippen LogP contribution in [0.4, 0.5) is 0 Å². The van der Waals surface area contributed by atoms with Crippen LogP contribution in [-0.4, -0.2) is 11.1 Å². The Bertz CT molecular complexity index is 648. The van der Waals surface area contributed by atoms with Crippen molar-refractivity contribution in [2.75, 3.05) is 0 Å². The van der Waals surface area contributed by atoms with E-state index in [9.17, 15) is 4.79 Å². The highest BCUT2D eigenvalue weighted by Gasteiger charge is 2.24. The van der Waals surface area contributed by atoms with Crippen molar-refractivity contribution in [1.82, 2.24) is 10.5 Å². The van der Waals surface area contributed by atoms with Gasteiger partial charge in [0.05, 0.1) is 12.2 Å². The van der Waals surface area contributed by atoms with Crippen LogP contribution in [0.25, 0.3) is 0 Å². The molecular weight excluding hydrogens is 276 g/mol. The van der Waals surface area contributed by atoms with E-state index in [1.54, 1.807) is 0 Å². The topological polar surface area (TPSA) is 55.1 Å². The van der Waals surface area contributed by atoms with Crippen molar-refractivity contribution in [2.24, 2.45) is 5.92 Å². The second-order valence-corrected chi connectivity index (χ2v) is 5.96. The van der Waals surface area contributed by atoms with Crippen molar-refractivity contribution in [2.45, 2.75) is 45.6 Å². The first-order valence-corrected chi connectivity index (χ1v) is 8.05. The highest BCUT2D eigenvalue weighted by molar-refractivity contribution is 5.79. The molecule has 0 saturated carbocycles. The van der Waals surface area contributed by atoms with Gasteiger partial charge < -0.3 is 9.84 Å². The number of aryl methyl sites for hydroxylation is 2. The average molecular weight is 298 g/mol. The van der Waals surface area contributed by atoms with Crippen LogP contribution in [-0.2, 0) is 30.6 Å². The summed E-state index contributed by atoms with van der Waals surface area (Å²) in [6.07, 6.45) is 4.69. The number of fused-ring (bicyclic) bond motifs is 1. The van der Waals surface area contributed by atoms with E-state index in [0.717, 1.165) is 43.6 Å². The molecule has 1 aromatic carbocycles. The molecule has 1 aliphatic rings. The molecule has 1 amide bonds. The van der Waals surface area contributed by atoms with Crippen LogP contribution in [0.5, 0.6) is 0 Å². The molecule has 3 rings (SSSR count). The number of hydrogen-bond acceptors (Lipinski definition) is 3. The first kappa shape index (κ1) is 14.8. The summed E-state index contributed by atoms with van der Waals surface area (Å²) in [5, 5.41) is 6.98. The number of nitrogens with zero attached hydrogens (tertiary/aromatic N) is 1. The number of rotatable bonds is 5. The number of nitrogens with one attached hydrogen (secondary N) is 1. The standard InChI is InChI=1S/C18H22N2O2/c1-2-5-16-11-17(22-20-16)12-19-18(21)15-9-8-13-6-3-4-7-14(13)10-15/h3-4,6-7,11,15H,2,5,8-10,12H2,1H3,(H,19,21)/t15-/m1/s1. The minimum Gasteiger partial charge on any atom is -0.359 e. The van der Waals surface area contributed by atoms with Gasteiger partial charge in [-0.3, -0.25) is 4.79 Å². The van der Waals surface area contributed by atoms with Crippen LogP contribution < -0.4 is 5.32 Å². The molecular formula is C18H22N2O2. The second kappa shape index (κ2) is 6.77. The van der Waals surface area contributed by atoms with Crippen LogP contribution in [0.1, 0.15) is 42.3 Å². The molecule has 0 spiro atoms. The molecule has 0 radical (unpaired) electrons. The molecule has 4 nitrogen and oxygen atoms in total. The van der Waals surface area contributed by atoms with E-state index < -0.39 is 0 Å². The summed E-state index contributed by atoms with van der Waals surface area (Å²) in [5.41, 5.74) is 3.64. The van der Waals surface area contributed by atoms with Crippen LogP contribution in [0.2, 0.25) is 0 Å². The quantitative estimate of drug-likeness (QED) is 0.923. The van der Waals surface area contributed by atoms with Gasteiger partial charge >= 0.3 is 0 Å². The molecule has 1 heterocycles. The Hall–Kier alpha value is -2.10. The van der Waals surface area contributed by atoms with Crippen molar-refractivity contribution < 1.29 is 9.32 Å². The summed E-state index contributed by atoms with van der Waals surface area (Å²) in [5.74, 6) is 0.906. The van der Waals surface area contributed by atoms with Crippen LogP contribution in [0.15, 0.2) is 34.9 Å². The van der Waals surface area contributed by atoms with Gasteiger partial charge in [0.2, 0.25) is 5.91 Å². The summed E-state index contributed by atoms with van der Waals surface area (Å²) >= 11 is 0. The molecule has 1 aromatic heterocycles. The summed E-state index contributed by atoms with van der Waals surface area (Å²) in [6, 6.07) is 10.3. The minimum atomic E-state index is 0.0629. The first-order chi connectivity index (χ1) is 10.8. The lowest BCUT2D eigenvalue weighted by atomic mass is 9.83. The van der Waals surface area contributed by atoms with Gasteiger partial charge in [-0.15, -0.1) is 0 Å². The molecule has 1 aliphatic carbocycles. The predicted octanol–water partition coefficient (Wildman–Crippen LogP) is 3.05. The lowest BCUT2D eigenvalue weighted by Crippen LogP contribution is -2.33. The van der Waals surface area contributed by atoms with E-state index in [4.69, 9.17) is 4.52 Å². The van der Waals surface area contributed by atoms with Crippen molar-refractivity contribution in [1.29, 1.82) is 0 Å². The number of benzene rings is 1.